The quantitative estimate of drug-likeness (QED) is 0.702. The van der Waals surface area contributed by atoms with Gasteiger partial charge in [-0.15, -0.1) is 0 Å². The van der Waals surface area contributed by atoms with Crippen LogP contribution < -0.4 is 0 Å². The summed E-state index contributed by atoms with van der Waals surface area (Å²) in [7, 11) is 0. The summed E-state index contributed by atoms with van der Waals surface area (Å²) in [6.45, 7) is 1.28. The Bertz CT molecular complexity index is 327. The van der Waals surface area contributed by atoms with E-state index in [1.54, 1.807) is 18.3 Å². The highest BCUT2D eigenvalue weighted by atomic mass is 16.5. The zero-order chi connectivity index (χ0) is 9.10. The van der Waals surface area contributed by atoms with Crippen molar-refractivity contribution < 1.29 is 9.53 Å². The highest BCUT2D eigenvalue weighted by Crippen LogP contribution is 2.05. The van der Waals surface area contributed by atoms with Gasteiger partial charge < -0.3 is 9.72 Å². The first-order chi connectivity index (χ1) is 6.36. The Labute approximate surface area is 75.6 Å². The Balaban J connectivity index is 1.99. The molecule has 0 aromatic carbocycles. The number of aromatic nitrogens is 1. The van der Waals surface area contributed by atoms with Crippen molar-refractivity contribution >= 4 is 11.7 Å². The molecule has 0 saturated carbocycles. The molecular weight excluding hydrogens is 168 g/mol. The summed E-state index contributed by atoms with van der Waals surface area (Å²) in [6, 6.07) is 3.54. The zero-order valence-corrected chi connectivity index (χ0v) is 7.12. The van der Waals surface area contributed by atoms with Crippen molar-refractivity contribution in [2.24, 2.45) is 4.99 Å². The second-order valence-electron chi connectivity index (χ2n) is 2.81. The molecule has 2 heterocycles. The van der Waals surface area contributed by atoms with Gasteiger partial charge in [-0.3, -0.25) is 9.79 Å². The Kier molecular flexibility index (Phi) is 2.12. The number of carbonyl (C=O) groups excluding carboxylic acids is 1. The summed E-state index contributed by atoms with van der Waals surface area (Å²) < 4.78 is 5.14. The molecule has 13 heavy (non-hydrogen) atoms. The highest BCUT2D eigenvalue weighted by molar-refractivity contribution is 6.06. The second-order valence-corrected chi connectivity index (χ2v) is 2.81. The number of aromatic amines is 1. The molecule has 0 atom stereocenters. The number of hydrogen-bond acceptors (Lipinski definition) is 3. The average Bonchev–Trinajstić information content (AvgIpc) is 2.74. The normalized spacial score (nSPS) is 15.2. The molecule has 0 fully saturated rings. The molecule has 1 aliphatic heterocycles. The summed E-state index contributed by atoms with van der Waals surface area (Å²) in [6.07, 6.45) is 1.99. The number of H-pyrrole nitrogens is 1. The summed E-state index contributed by atoms with van der Waals surface area (Å²) in [5, 5.41) is 0. The number of rotatable bonds is 3. The standard InChI is InChI=1S/C9H10N2O2/c12-8(7-2-1-3-10-7)6-9-11-4-5-13-9/h1-3,10H,4-6H2. The van der Waals surface area contributed by atoms with Gasteiger partial charge in [0.1, 0.15) is 6.61 Å². The van der Waals surface area contributed by atoms with Gasteiger partial charge >= 0.3 is 0 Å². The molecule has 0 spiro atoms. The van der Waals surface area contributed by atoms with Crippen LogP contribution in [0.5, 0.6) is 0 Å². The Morgan fingerprint density at radius 2 is 2.62 bits per heavy atom. The fourth-order valence-corrected chi connectivity index (χ4v) is 1.22. The molecule has 2 rings (SSSR count). The van der Waals surface area contributed by atoms with Crippen molar-refractivity contribution in [3.63, 3.8) is 0 Å². The van der Waals surface area contributed by atoms with E-state index in [4.69, 9.17) is 4.74 Å². The van der Waals surface area contributed by atoms with Crippen LogP contribution in [0.2, 0.25) is 0 Å². The maximum atomic E-state index is 11.5. The van der Waals surface area contributed by atoms with E-state index in [1.165, 1.54) is 0 Å². The van der Waals surface area contributed by atoms with Crippen LogP contribution in [0.15, 0.2) is 23.3 Å². The topological polar surface area (TPSA) is 54.4 Å². The van der Waals surface area contributed by atoms with Gasteiger partial charge in [-0.05, 0) is 12.1 Å². The van der Waals surface area contributed by atoms with E-state index in [1.807, 2.05) is 0 Å². The Morgan fingerprint density at radius 1 is 1.69 bits per heavy atom. The molecule has 1 aliphatic rings. The van der Waals surface area contributed by atoms with E-state index < -0.39 is 0 Å². The predicted octanol–water partition coefficient (Wildman–Crippen LogP) is 1.02. The molecule has 4 heteroatoms. The highest BCUT2D eigenvalue weighted by Gasteiger charge is 2.14. The minimum atomic E-state index is 0.0191. The molecule has 0 aliphatic carbocycles. The molecule has 0 amide bonds. The van der Waals surface area contributed by atoms with E-state index in [9.17, 15) is 4.79 Å². The van der Waals surface area contributed by atoms with Crippen LogP contribution in [0.25, 0.3) is 0 Å². The van der Waals surface area contributed by atoms with Crippen molar-refractivity contribution in [1.82, 2.24) is 4.98 Å². The largest absolute Gasteiger partial charge is 0.479 e. The van der Waals surface area contributed by atoms with Crippen LogP contribution in [0.3, 0.4) is 0 Å². The number of carbonyl (C=O) groups is 1. The van der Waals surface area contributed by atoms with Gasteiger partial charge in [0.2, 0.25) is 0 Å². The summed E-state index contributed by atoms with van der Waals surface area (Å²) in [4.78, 5) is 18.4. The molecule has 1 aromatic heterocycles. The molecule has 1 aromatic rings. The fourth-order valence-electron chi connectivity index (χ4n) is 1.22. The third-order valence-electron chi connectivity index (χ3n) is 1.86. The minimum Gasteiger partial charge on any atom is -0.479 e. The van der Waals surface area contributed by atoms with E-state index in [0.717, 1.165) is 0 Å². The number of nitrogens with zero attached hydrogens (tertiary/aromatic N) is 1. The third kappa shape index (κ3) is 1.77. The molecular formula is C9H10N2O2. The lowest BCUT2D eigenvalue weighted by Gasteiger charge is -1.98. The van der Waals surface area contributed by atoms with Crippen molar-refractivity contribution in [2.45, 2.75) is 6.42 Å². The lowest BCUT2D eigenvalue weighted by molar-refractivity contribution is 0.0990. The first-order valence-electron chi connectivity index (χ1n) is 4.19. The number of hydrogen-bond donors (Lipinski definition) is 1. The van der Waals surface area contributed by atoms with E-state index in [2.05, 4.69) is 9.98 Å². The first kappa shape index (κ1) is 8.04. The number of ether oxygens (including phenoxy) is 1. The van der Waals surface area contributed by atoms with Crippen LogP contribution in [0.1, 0.15) is 16.9 Å². The minimum absolute atomic E-state index is 0.0191. The monoisotopic (exact) mass is 178 g/mol. The van der Waals surface area contributed by atoms with Crippen molar-refractivity contribution in [3.05, 3.63) is 24.0 Å². The van der Waals surface area contributed by atoms with E-state index in [0.29, 0.717) is 24.7 Å². The summed E-state index contributed by atoms with van der Waals surface area (Å²) >= 11 is 0. The van der Waals surface area contributed by atoms with E-state index >= 15 is 0 Å². The van der Waals surface area contributed by atoms with Gasteiger partial charge in [0, 0.05) is 6.20 Å². The number of Topliss-reactive ketones (excluding diaryl/α,β-unsaturated/α-hetero) is 1. The lowest BCUT2D eigenvalue weighted by Crippen LogP contribution is -2.08. The van der Waals surface area contributed by atoms with Gasteiger partial charge in [0.25, 0.3) is 0 Å². The molecule has 0 saturated heterocycles. The summed E-state index contributed by atoms with van der Waals surface area (Å²) in [5.41, 5.74) is 0.609. The maximum Gasteiger partial charge on any atom is 0.191 e. The maximum absolute atomic E-state index is 11.5. The van der Waals surface area contributed by atoms with Crippen LogP contribution in [0, 0.1) is 0 Å². The molecule has 0 radical (unpaired) electrons. The van der Waals surface area contributed by atoms with Gasteiger partial charge in [0.05, 0.1) is 18.7 Å². The molecule has 0 bridgehead atoms. The molecule has 1 N–H and O–H groups in total. The first-order valence-corrected chi connectivity index (χ1v) is 4.19. The van der Waals surface area contributed by atoms with Crippen LogP contribution >= 0.6 is 0 Å². The van der Waals surface area contributed by atoms with Gasteiger partial charge in [0.15, 0.2) is 11.7 Å². The smallest absolute Gasteiger partial charge is 0.191 e. The van der Waals surface area contributed by atoms with Crippen molar-refractivity contribution in [2.75, 3.05) is 13.2 Å². The van der Waals surface area contributed by atoms with Crippen molar-refractivity contribution in [1.29, 1.82) is 0 Å². The fraction of sp³-hybridized carbons (Fsp3) is 0.333. The van der Waals surface area contributed by atoms with Gasteiger partial charge in [-0.2, -0.15) is 0 Å². The lowest BCUT2D eigenvalue weighted by atomic mass is 10.2. The predicted molar refractivity (Wildman–Crippen MR) is 48.0 cm³/mol. The SMILES string of the molecule is O=C(CC1=NCCO1)c1ccc[nH]1. The van der Waals surface area contributed by atoms with Crippen LogP contribution in [-0.4, -0.2) is 29.8 Å². The average molecular weight is 178 g/mol. The number of nitrogens with one attached hydrogen (secondary N) is 1. The third-order valence-corrected chi connectivity index (χ3v) is 1.86. The van der Waals surface area contributed by atoms with Crippen LogP contribution in [-0.2, 0) is 4.74 Å². The Morgan fingerprint density at radius 3 is 3.23 bits per heavy atom. The molecule has 68 valence electrons. The zero-order valence-electron chi connectivity index (χ0n) is 7.12. The summed E-state index contributed by atoms with van der Waals surface area (Å²) in [5.74, 6) is 0.574. The molecule has 4 nitrogen and oxygen atoms in total. The van der Waals surface area contributed by atoms with Gasteiger partial charge in [-0.1, -0.05) is 0 Å². The number of ketones is 1. The van der Waals surface area contributed by atoms with Crippen LogP contribution in [0.4, 0.5) is 0 Å². The molecule has 0 unspecified atom stereocenters. The van der Waals surface area contributed by atoms with Gasteiger partial charge in [-0.25, -0.2) is 0 Å². The van der Waals surface area contributed by atoms with Crippen molar-refractivity contribution in [3.8, 4) is 0 Å². The number of aliphatic imine (C=N–C) groups is 1. The second kappa shape index (κ2) is 3.43. The van der Waals surface area contributed by atoms with E-state index in [-0.39, 0.29) is 12.2 Å². The Hall–Kier alpha value is -1.58.